The summed E-state index contributed by atoms with van der Waals surface area (Å²) in [4.78, 5) is 41.7. The van der Waals surface area contributed by atoms with Gasteiger partial charge >= 0.3 is 5.97 Å². The SMILES string of the molecule is CCCc1nn2c(=O)cc(COC(=O)c3ccc(NC(=O)COc4ccccc4C)cc3)nc2s1. The molecule has 10 heteroatoms. The van der Waals surface area contributed by atoms with Crippen molar-refractivity contribution in [3.63, 3.8) is 0 Å². The minimum Gasteiger partial charge on any atom is -0.483 e. The third kappa shape index (κ3) is 6.10. The van der Waals surface area contributed by atoms with Crippen molar-refractivity contribution in [3.8, 4) is 5.75 Å². The first-order chi connectivity index (χ1) is 16.9. The minimum atomic E-state index is -0.566. The number of anilines is 1. The molecular formula is C25H24N4O5S. The van der Waals surface area contributed by atoms with Crippen molar-refractivity contribution in [2.75, 3.05) is 11.9 Å². The lowest BCUT2D eigenvalue weighted by atomic mass is 10.2. The Bertz CT molecular complexity index is 1410. The molecule has 0 spiro atoms. The second-order valence-corrected chi connectivity index (χ2v) is 8.82. The van der Waals surface area contributed by atoms with Crippen LogP contribution in [0.2, 0.25) is 0 Å². The zero-order chi connectivity index (χ0) is 24.8. The molecule has 4 rings (SSSR count). The number of ether oxygens (including phenoxy) is 2. The molecule has 9 nitrogen and oxygen atoms in total. The molecular weight excluding hydrogens is 468 g/mol. The normalized spacial score (nSPS) is 10.8. The standard InChI is InChI=1S/C25H24N4O5S/c1-3-6-22-28-29-23(31)13-19(27-25(29)35-22)14-34-24(32)17-9-11-18(12-10-17)26-21(30)15-33-20-8-5-4-7-16(20)2/h4-5,7-13H,3,6,14-15H2,1-2H3,(H,26,30). The van der Waals surface area contributed by atoms with E-state index in [4.69, 9.17) is 9.47 Å². The molecule has 2 aromatic carbocycles. The molecule has 35 heavy (non-hydrogen) atoms. The number of amides is 1. The molecule has 1 N–H and O–H groups in total. The highest BCUT2D eigenvalue weighted by molar-refractivity contribution is 7.16. The summed E-state index contributed by atoms with van der Waals surface area (Å²) in [6, 6.07) is 15.1. The molecule has 0 fully saturated rings. The highest BCUT2D eigenvalue weighted by Crippen LogP contribution is 2.17. The molecule has 2 heterocycles. The van der Waals surface area contributed by atoms with Crippen LogP contribution in [-0.2, 0) is 22.6 Å². The fraction of sp³-hybridized carbons (Fsp3) is 0.240. The summed E-state index contributed by atoms with van der Waals surface area (Å²) in [7, 11) is 0. The maximum absolute atomic E-state index is 12.4. The Morgan fingerprint density at radius 3 is 2.63 bits per heavy atom. The fourth-order valence-electron chi connectivity index (χ4n) is 3.26. The minimum absolute atomic E-state index is 0.133. The summed E-state index contributed by atoms with van der Waals surface area (Å²) in [5, 5.41) is 7.82. The van der Waals surface area contributed by atoms with E-state index >= 15 is 0 Å². The lowest BCUT2D eigenvalue weighted by molar-refractivity contribution is -0.118. The number of para-hydroxylation sites is 1. The van der Waals surface area contributed by atoms with Gasteiger partial charge in [-0.2, -0.15) is 9.61 Å². The number of aromatic nitrogens is 3. The summed E-state index contributed by atoms with van der Waals surface area (Å²) in [6.07, 6.45) is 1.69. The van der Waals surface area contributed by atoms with Crippen molar-refractivity contribution >= 4 is 33.9 Å². The lowest BCUT2D eigenvalue weighted by Crippen LogP contribution is -2.20. The van der Waals surface area contributed by atoms with Crippen molar-refractivity contribution in [2.24, 2.45) is 0 Å². The van der Waals surface area contributed by atoms with Crippen LogP contribution in [0, 0.1) is 6.92 Å². The van der Waals surface area contributed by atoms with Gasteiger partial charge in [0.2, 0.25) is 4.96 Å². The fourth-order valence-corrected chi connectivity index (χ4v) is 4.28. The van der Waals surface area contributed by atoms with E-state index in [2.05, 4.69) is 15.4 Å². The number of aryl methyl sites for hydroxylation is 2. The third-order valence-corrected chi connectivity index (χ3v) is 5.98. The van der Waals surface area contributed by atoms with Gasteiger partial charge in [0.25, 0.3) is 11.5 Å². The number of rotatable bonds is 9. The molecule has 0 saturated carbocycles. The number of nitrogens with zero attached hydrogens (tertiary/aromatic N) is 3. The number of fused-ring (bicyclic) bond motifs is 1. The Hall–Kier alpha value is -4.05. The maximum Gasteiger partial charge on any atom is 0.338 e. The van der Waals surface area contributed by atoms with Crippen LogP contribution in [0.15, 0.2) is 59.4 Å². The lowest BCUT2D eigenvalue weighted by Gasteiger charge is -2.10. The van der Waals surface area contributed by atoms with E-state index in [1.165, 1.54) is 21.9 Å². The molecule has 180 valence electrons. The second-order valence-electron chi connectivity index (χ2n) is 7.78. The molecule has 0 aliphatic carbocycles. The van der Waals surface area contributed by atoms with Crippen molar-refractivity contribution in [3.05, 3.63) is 86.8 Å². The maximum atomic E-state index is 12.4. The molecule has 0 unspecified atom stereocenters. The van der Waals surface area contributed by atoms with Gasteiger partial charge in [0, 0.05) is 18.2 Å². The highest BCUT2D eigenvalue weighted by atomic mass is 32.1. The zero-order valence-corrected chi connectivity index (χ0v) is 20.1. The summed E-state index contributed by atoms with van der Waals surface area (Å²) >= 11 is 1.35. The quantitative estimate of drug-likeness (QED) is 0.354. The predicted octanol–water partition coefficient (Wildman–Crippen LogP) is 3.79. The Labute approximate surface area is 205 Å². The number of carbonyl (C=O) groups excluding carboxylic acids is 2. The van der Waals surface area contributed by atoms with E-state index < -0.39 is 5.97 Å². The van der Waals surface area contributed by atoms with Crippen LogP contribution >= 0.6 is 11.3 Å². The average Bonchev–Trinajstić information content (AvgIpc) is 3.26. The van der Waals surface area contributed by atoms with Crippen LogP contribution in [-0.4, -0.2) is 33.1 Å². The van der Waals surface area contributed by atoms with Gasteiger partial charge in [0.1, 0.15) is 17.4 Å². The van der Waals surface area contributed by atoms with Gasteiger partial charge in [-0.1, -0.05) is 36.5 Å². The second kappa shape index (κ2) is 10.9. The van der Waals surface area contributed by atoms with Gasteiger partial charge in [-0.05, 0) is 49.2 Å². The number of carbonyl (C=O) groups is 2. The van der Waals surface area contributed by atoms with Gasteiger partial charge in [0.15, 0.2) is 6.61 Å². The zero-order valence-electron chi connectivity index (χ0n) is 19.3. The van der Waals surface area contributed by atoms with E-state index in [9.17, 15) is 14.4 Å². The first-order valence-corrected chi connectivity index (χ1v) is 11.9. The highest BCUT2D eigenvalue weighted by Gasteiger charge is 2.12. The van der Waals surface area contributed by atoms with E-state index in [0.717, 1.165) is 23.4 Å². The monoisotopic (exact) mass is 492 g/mol. The molecule has 0 aliphatic rings. The molecule has 2 aromatic heterocycles. The van der Waals surface area contributed by atoms with Crippen LogP contribution < -0.4 is 15.6 Å². The number of nitrogens with one attached hydrogen (secondary N) is 1. The Balaban J connectivity index is 1.31. The molecule has 0 aliphatic heterocycles. The van der Waals surface area contributed by atoms with Crippen LogP contribution in [0.1, 0.15) is 40.0 Å². The van der Waals surface area contributed by atoms with Crippen molar-refractivity contribution < 1.29 is 19.1 Å². The van der Waals surface area contributed by atoms with Crippen molar-refractivity contribution in [1.82, 2.24) is 14.6 Å². The summed E-state index contributed by atoms with van der Waals surface area (Å²) in [5.41, 5.74) is 1.81. The first-order valence-electron chi connectivity index (χ1n) is 11.1. The summed E-state index contributed by atoms with van der Waals surface area (Å²) < 4.78 is 12.1. The smallest absolute Gasteiger partial charge is 0.338 e. The van der Waals surface area contributed by atoms with Gasteiger partial charge in [0.05, 0.1) is 11.3 Å². The van der Waals surface area contributed by atoms with Crippen LogP contribution in [0.5, 0.6) is 5.75 Å². The average molecular weight is 493 g/mol. The number of hydrogen-bond acceptors (Lipinski definition) is 8. The van der Waals surface area contributed by atoms with E-state index in [1.54, 1.807) is 30.3 Å². The van der Waals surface area contributed by atoms with E-state index in [1.807, 2.05) is 32.0 Å². The van der Waals surface area contributed by atoms with Crippen molar-refractivity contribution in [2.45, 2.75) is 33.3 Å². The number of hydrogen-bond donors (Lipinski definition) is 1. The Kier molecular flexibility index (Phi) is 7.51. The van der Waals surface area contributed by atoms with Gasteiger partial charge in [-0.25, -0.2) is 9.78 Å². The van der Waals surface area contributed by atoms with Gasteiger partial charge in [-0.15, -0.1) is 0 Å². The van der Waals surface area contributed by atoms with E-state index in [-0.39, 0.29) is 24.7 Å². The Morgan fingerprint density at radius 1 is 1.11 bits per heavy atom. The Morgan fingerprint density at radius 2 is 1.89 bits per heavy atom. The number of benzene rings is 2. The topological polar surface area (TPSA) is 112 Å². The van der Waals surface area contributed by atoms with Crippen LogP contribution in [0.25, 0.3) is 4.96 Å². The molecule has 0 atom stereocenters. The first kappa shape index (κ1) is 24.1. The molecule has 0 bridgehead atoms. The third-order valence-electron chi connectivity index (χ3n) is 5.01. The predicted molar refractivity (Wildman–Crippen MR) is 132 cm³/mol. The largest absolute Gasteiger partial charge is 0.483 e. The van der Waals surface area contributed by atoms with Gasteiger partial charge in [-0.3, -0.25) is 9.59 Å². The number of esters is 1. The molecule has 0 saturated heterocycles. The van der Waals surface area contributed by atoms with E-state index in [0.29, 0.717) is 27.7 Å². The van der Waals surface area contributed by atoms with Gasteiger partial charge < -0.3 is 14.8 Å². The van der Waals surface area contributed by atoms with Crippen molar-refractivity contribution in [1.29, 1.82) is 0 Å². The molecule has 1 amide bonds. The molecule has 0 radical (unpaired) electrons. The van der Waals surface area contributed by atoms with Crippen LogP contribution in [0.3, 0.4) is 0 Å². The van der Waals surface area contributed by atoms with Crippen LogP contribution in [0.4, 0.5) is 5.69 Å². The summed E-state index contributed by atoms with van der Waals surface area (Å²) in [5.74, 6) is -0.237. The summed E-state index contributed by atoms with van der Waals surface area (Å²) in [6.45, 7) is 3.67. The molecule has 4 aromatic rings.